The molecule has 0 heterocycles. The third kappa shape index (κ3) is 2.96. The van der Waals surface area contributed by atoms with Crippen LogP contribution in [0.1, 0.15) is 17.0 Å². The van der Waals surface area contributed by atoms with Crippen molar-refractivity contribution in [3.63, 3.8) is 0 Å². The van der Waals surface area contributed by atoms with Crippen LogP contribution in [0.15, 0.2) is 12.1 Å². The normalized spacial score (nSPS) is 12.2. The molecule has 1 aromatic rings. The molecule has 0 bridgehead atoms. The van der Waals surface area contributed by atoms with E-state index < -0.39 is 17.7 Å². The van der Waals surface area contributed by atoms with Crippen LogP contribution in [0.2, 0.25) is 0 Å². The van der Waals surface area contributed by atoms with Gasteiger partial charge in [0.05, 0.1) is 19.6 Å². The van der Waals surface area contributed by atoms with E-state index in [2.05, 4.69) is 0 Å². The lowest BCUT2D eigenvalue weighted by molar-refractivity contribution is -0.138. The molecule has 1 rings (SSSR count). The summed E-state index contributed by atoms with van der Waals surface area (Å²) in [5.74, 6) is -2.57. The maximum Gasteiger partial charge on any atom is 0.312 e. The summed E-state index contributed by atoms with van der Waals surface area (Å²) >= 11 is 0. The highest BCUT2D eigenvalue weighted by Gasteiger charge is 2.23. The molecule has 0 spiro atoms. The molecule has 0 aliphatic rings. The molecule has 1 aromatic carbocycles. The molecule has 1 atom stereocenters. The van der Waals surface area contributed by atoms with Gasteiger partial charge in [0, 0.05) is 30.8 Å². The fourth-order valence-electron chi connectivity index (χ4n) is 1.71. The highest BCUT2D eigenvalue weighted by molar-refractivity contribution is 5.76. The maximum atomic E-state index is 13.8. The van der Waals surface area contributed by atoms with Crippen LogP contribution in [0.25, 0.3) is 0 Å². The Morgan fingerprint density at radius 1 is 1.50 bits per heavy atom. The van der Waals surface area contributed by atoms with E-state index in [4.69, 9.17) is 20.3 Å². The van der Waals surface area contributed by atoms with Crippen molar-refractivity contribution in [3.05, 3.63) is 29.1 Å². The van der Waals surface area contributed by atoms with Gasteiger partial charge in [0.15, 0.2) is 0 Å². The van der Waals surface area contributed by atoms with Gasteiger partial charge in [0.2, 0.25) is 0 Å². The van der Waals surface area contributed by atoms with Gasteiger partial charge in [-0.15, -0.1) is 0 Å². The van der Waals surface area contributed by atoms with E-state index in [1.54, 1.807) is 0 Å². The van der Waals surface area contributed by atoms with Gasteiger partial charge in [-0.25, -0.2) is 4.39 Å². The number of carboxylic acids is 1. The smallest absolute Gasteiger partial charge is 0.312 e. The molecular formula is C12H16FNO4. The number of carbonyl (C=O) groups is 1. The lowest BCUT2D eigenvalue weighted by Crippen LogP contribution is -2.22. The second kappa shape index (κ2) is 6.32. The predicted molar refractivity (Wildman–Crippen MR) is 63.1 cm³/mol. The zero-order valence-corrected chi connectivity index (χ0v) is 10.3. The van der Waals surface area contributed by atoms with E-state index in [0.29, 0.717) is 11.3 Å². The Labute approximate surface area is 104 Å². The topological polar surface area (TPSA) is 81.8 Å². The van der Waals surface area contributed by atoms with E-state index in [-0.39, 0.29) is 18.7 Å². The first-order chi connectivity index (χ1) is 8.54. The summed E-state index contributed by atoms with van der Waals surface area (Å²) in [6.07, 6.45) is 0. The Bertz CT molecular complexity index is 436. The fourth-order valence-corrected chi connectivity index (χ4v) is 1.71. The number of halogens is 1. The molecule has 6 heteroatoms. The molecule has 0 aromatic heterocycles. The molecule has 3 N–H and O–H groups in total. The van der Waals surface area contributed by atoms with Crippen molar-refractivity contribution in [1.29, 1.82) is 0 Å². The number of carboxylic acid groups (broad SMARTS) is 1. The third-order valence-electron chi connectivity index (χ3n) is 2.61. The molecule has 0 aliphatic carbocycles. The number of ether oxygens (including phenoxy) is 2. The SMILES string of the molecule is COCc1cc(C(CN)C(=O)O)c(F)cc1OC. The van der Waals surface area contributed by atoms with Crippen LogP contribution in [0.3, 0.4) is 0 Å². The summed E-state index contributed by atoms with van der Waals surface area (Å²) in [5.41, 5.74) is 5.98. The Hall–Kier alpha value is -1.66. The number of aliphatic carboxylic acids is 1. The van der Waals surface area contributed by atoms with Crippen LogP contribution in [-0.2, 0) is 16.1 Å². The first-order valence-electron chi connectivity index (χ1n) is 5.33. The number of nitrogens with two attached hydrogens (primary N) is 1. The van der Waals surface area contributed by atoms with Gasteiger partial charge in [-0.1, -0.05) is 0 Å². The summed E-state index contributed by atoms with van der Waals surface area (Å²) in [6.45, 7) is 0.0262. The molecule has 0 radical (unpaired) electrons. The van der Waals surface area contributed by atoms with E-state index in [1.807, 2.05) is 0 Å². The fraction of sp³-hybridized carbons (Fsp3) is 0.417. The van der Waals surface area contributed by atoms with Crippen LogP contribution < -0.4 is 10.5 Å². The number of benzene rings is 1. The van der Waals surface area contributed by atoms with Crippen LogP contribution in [0, 0.1) is 5.82 Å². The van der Waals surface area contributed by atoms with Crippen molar-refractivity contribution in [3.8, 4) is 5.75 Å². The molecule has 0 fully saturated rings. The first-order valence-corrected chi connectivity index (χ1v) is 5.33. The van der Waals surface area contributed by atoms with Crippen molar-refractivity contribution < 1.29 is 23.8 Å². The van der Waals surface area contributed by atoms with Crippen molar-refractivity contribution in [1.82, 2.24) is 0 Å². The third-order valence-corrected chi connectivity index (χ3v) is 2.61. The minimum Gasteiger partial charge on any atom is -0.496 e. The van der Waals surface area contributed by atoms with E-state index in [1.165, 1.54) is 20.3 Å². The van der Waals surface area contributed by atoms with Gasteiger partial charge < -0.3 is 20.3 Å². The Balaban J connectivity index is 3.27. The molecule has 18 heavy (non-hydrogen) atoms. The average Bonchev–Trinajstić information content (AvgIpc) is 2.33. The molecule has 1 unspecified atom stereocenters. The lowest BCUT2D eigenvalue weighted by atomic mass is 9.96. The van der Waals surface area contributed by atoms with Crippen LogP contribution in [0.5, 0.6) is 5.75 Å². The van der Waals surface area contributed by atoms with Crippen molar-refractivity contribution >= 4 is 5.97 Å². The van der Waals surface area contributed by atoms with Gasteiger partial charge in [-0.2, -0.15) is 0 Å². The molecule has 100 valence electrons. The quantitative estimate of drug-likeness (QED) is 0.797. The van der Waals surface area contributed by atoms with Gasteiger partial charge in [0.1, 0.15) is 11.6 Å². The Morgan fingerprint density at radius 3 is 2.61 bits per heavy atom. The van der Waals surface area contributed by atoms with Crippen molar-refractivity contribution in [2.75, 3.05) is 20.8 Å². The summed E-state index contributed by atoms with van der Waals surface area (Å²) in [7, 11) is 2.89. The van der Waals surface area contributed by atoms with E-state index in [9.17, 15) is 9.18 Å². The van der Waals surface area contributed by atoms with Gasteiger partial charge in [-0.05, 0) is 6.07 Å². The molecular weight excluding hydrogens is 241 g/mol. The van der Waals surface area contributed by atoms with E-state index in [0.717, 1.165) is 6.07 Å². The number of hydrogen-bond donors (Lipinski definition) is 2. The van der Waals surface area contributed by atoms with Gasteiger partial charge in [-0.3, -0.25) is 4.79 Å². The summed E-state index contributed by atoms with van der Waals surface area (Å²) in [4.78, 5) is 11.0. The summed E-state index contributed by atoms with van der Waals surface area (Å²) < 4.78 is 23.8. The summed E-state index contributed by atoms with van der Waals surface area (Å²) in [5, 5.41) is 8.99. The standard InChI is InChI=1S/C12H16FNO4/c1-17-6-7-3-8(9(5-14)12(15)16)10(13)4-11(7)18-2/h3-4,9H,5-6,14H2,1-2H3,(H,15,16). The van der Waals surface area contributed by atoms with Gasteiger partial charge >= 0.3 is 5.97 Å². The number of hydrogen-bond acceptors (Lipinski definition) is 4. The highest BCUT2D eigenvalue weighted by atomic mass is 19.1. The van der Waals surface area contributed by atoms with Crippen LogP contribution in [-0.4, -0.2) is 31.8 Å². The van der Waals surface area contributed by atoms with Crippen molar-refractivity contribution in [2.45, 2.75) is 12.5 Å². The number of methoxy groups -OCH3 is 2. The average molecular weight is 257 g/mol. The zero-order valence-electron chi connectivity index (χ0n) is 10.3. The highest BCUT2D eigenvalue weighted by Crippen LogP contribution is 2.28. The first kappa shape index (κ1) is 14.4. The van der Waals surface area contributed by atoms with Gasteiger partial charge in [0.25, 0.3) is 0 Å². The molecule has 0 saturated carbocycles. The minimum atomic E-state index is -1.16. The molecule has 0 amide bonds. The maximum absolute atomic E-state index is 13.8. The van der Waals surface area contributed by atoms with E-state index >= 15 is 0 Å². The molecule has 0 aliphatic heterocycles. The second-order valence-electron chi connectivity index (χ2n) is 3.75. The second-order valence-corrected chi connectivity index (χ2v) is 3.75. The van der Waals surface area contributed by atoms with Crippen LogP contribution in [0.4, 0.5) is 4.39 Å². The largest absolute Gasteiger partial charge is 0.496 e. The molecule has 5 nitrogen and oxygen atoms in total. The molecule has 0 saturated heterocycles. The minimum absolute atomic E-state index is 0.0397. The van der Waals surface area contributed by atoms with Crippen LogP contribution >= 0.6 is 0 Å². The monoisotopic (exact) mass is 257 g/mol. The lowest BCUT2D eigenvalue weighted by Gasteiger charge is -2.15. The predicted octanol–water partition coefficient (Wildman–Crippen LogP) is 1.11. The zero-order chi connectivity index (χ0) is 13.7. The van der Waals surface area contributed by atoms with Crippen molar-refractivity contribution in [2.24, 2.45) is 5.73 Å². The number of rotatable bonds is 6. The summed E-state index contributed by atoms with van der Waals surface area (Å²) in [6, 6.07) is 2.57. The Kier molecular flexibility index (Phi) is 5.06. The Morgan fingerprint density at radius 2 is 2.17 bits per heavy atom.